The summed E-state index contributed by atoms with van der Waals surface area (Å²) in [5.41, 5.74) is 3.83. The predicted molar refractivity (Wildman–Crippen MR) is 75.7 cm³/mol. The van der Waals surface area contributed by atoms with Crippen molar-refractivity contribution < 1.29 is 4.92 Å². The Morgan fingerprint density at radius 3 is 2.42 bits per heavy atom. The lowest BCUT2D eigenvalue weighted by molar-refractivity contribution is -0.384. The van der Waals surface area contributed by atoms with Gasteiger partial charge in [0.15, 0.2) is 0 Å². The van der Waals surface area contributed by atoms with Gasteiger partial charge < -0.3 is 0 Å². The van der Waals surface area contributed by atoms with Crippen LogP contribution in [0.25, 0.3) is 17.3 Å². The molecule has 0 aliphatic rings. The molecular formula is C15H14N2O2. The predicted octanol–water partition coefficient (Wildman–Crippen LogP) is 4.08. The molecule has 0 saturated heterocycles. The van der Waals surface area contributed by atoms with Gasteiger partial charge in [-0.2, -0.15) is 0 Å². The zero-order valence-corrected chi connectivity index (χ0v) is 10.8. The molecule has 96 valence electrons. The van der Waals surface area contributed by atoms with Crippen LogP contribution in [-0.2, 0) is 0 Å². The van der Waals surface area contributed by atoms with Gasteiger partial charge in [0.25, 0.3) is 5.69 Å². The van der Waals surface area contributed by atoms with Crippen molar-refractivity contribution in [2.75, 3.05) is 0 Å². The maximum Gasteiger partial charge on any atom is 0.269 e. The van der Waals surface area contributed by atoms with E-state index in [0.717, 1.165) is 17.0 Å². The lowest BCUT2D eigenvalue weighted by Gasteiger charge is -2.02. The lowest BCUT2D eigenvalue weighted by Crippen LogP contribution is -1.89. The molecule has 1 aromatic carbocycles. The first kappa shape index (κ1) is 13.0. The Morgan fingerprint density at radius 2 is 1.84 bits per heavy atom. The van der Waals surface area contributed by atoms with Gasteiger partial charge in [-0.1, -0.05) is 11.6 Å². The van der Waals surface area contributed by atoms with E-state index in [1.807, 2.05) is 38.1 Å². The minimum atomic E-state index is -0.406. The molecule has 0 unspecified atom stereocenters. The normalized spacial score (nSPS) is 10.0. The van der Waals surface area contributed by atoms with Crippen LogP contribution in [0.15, 0.2) is 48.0 Å². The Kier molecular flexibility index (Phi) is 3.71. The number of aromatic nitrogens is 1. The van der Waals surface area contributed by atoms with Crippen molar-refractivity contribution in [1.82, 2.24) is 4.98 Å². The molecule has 1 aromatic heterocycles. The van der Waals surface area contributed by atoms with Crippen molar-refractivity contribution in [3.05, 3.63) is 63.8 Å². The Bertz CT molecular complexity index is 627. The molecule has 0 aliphatic heterocycles. The average molecular weight is 254 g/mol. The van der Waals surface area contributed by atoms with Crippen LogP contribution in [0.5, 0.6) is 0 Å². The van der Waals surface area contributed by atoms with Gasteiger partial charge in [-0.25, -0.2) is 4.98 Å². The number of nitro groups is 1. The van der Waals surface area contributed by atoms with E-state index < -0.39 is 4.92 Å². The maximum absolute atomic E-state index is 10.6. The van der Waals surface area contributed by atoms with Crippen molar-refractivity contribution in [2.45, 2.75) is 13.8 Å². The number of allylic oxidation sites excluding steroid dienone is 1. The fourth-order valence-corrected chi connectivity index (χ4v) is 1.74. The maximum atomic E-state index is 10.6. The number of nitro benzene ring substituents is 1. The summed E-state index contributed by atoms with van der Waals surface area (Å²) in [6, 6.07) is 12.2. The average Bonchev–Trinajstić information content (AvgIpc) is 2.38. The first-order valence-corrected chi connectivity index (χ1v) is 5.93. The molecule has 1 heterocycles. The third-order valence-electron chi connectivity index (χ3n) is 2.58. The second kappa shape index (κ2) is 5.44. The van der Waals surface area contributed by atoms with Crippen LogP contribution in [0.3, 0.4) is 0 Å². The van der Waals surface area contributed by atoms with E-state index in [0.29, 0.717) is 0 Å². The largest absolute Gasteiger partial charge is 0.269 e. The van der Waals surface area contributed by atoms with Gasteiger partial charge in [0, 0.05) is 17.7 Å². The third-order valence-corrected chi connectivity index (χ3v) is 2.58. The van der Waals surface area contributed by atoms with Gasteiger partial charge in [-0.05, 0) is 44.2 Å². The van der Waals surface area contributed by atoms with Crippen LogP contribution in [0.4, 0.5) is 5.69 Å². The van der Waals surface area contributed by atoms with Crippen LogP contribution >= 0.6 is 0 Å². The molecule has 0 spiro atoms. The molecule has 0 atom stereocenters. The van der Waals surface area contributed by atoms with Crippen LogP contribution < -0.4 is 0 Å². The third kappa shape index (κ3) is 3.25. The van der Waals surface area contributed by atoms with Crippen LogP contribution in [-0.4, -0.2) is 9.91 Å². The Morgan fingerprint density at radius 1 is 1.16 bits per heavy atom. The number of nitrogens with zero attached hydrogens (tertiary/aromatic N) is 2. The number of benzene rings is 1. The van der Waals surface area contributed by atoms with E-state index in [-0.39, 0.29) is 5.69 Å². The molecule has 4 nitrogen and oxygen atoms in total. The quantitative estimate of drug-likeness (QED) is 0.612. The van der Waals surface area contributed by atoms with Gasteiger partial charge in [0.05, 0.1) is 16.3 Å². The number of hydrogen-bond donors (Lipinski definition) is 0. The summed E-state index contributed by atoms with van der Waals surface area (Å²) in [5, 5.41) is 10.6. The SMILES string of the molecule is CC(C)=Cc1cccc(-c2ccc([N+](=O)[O-])cc2)n1. The highest BCUT2D eigenvalue weighted by Gasteiger charge is 2.06. The van der Waals surface area contributed by atoms with E-state index in [4.69, 9.17) is 0 Å². The van der Waals surface area contributed by atoms with Crippen LogP contribution in [0.2, 0.25) is 0 Å². The number of pyridine rings is 1. The van der Waals surface area contributed by atoms with Crippen LogP contribution in [0.1, 0.15) is 19.5 Å². The number of non-ortho nitro benzene ring substituents is 1. The highest BCUT2D eigenvalue weighted by molar-refractivity contribution is 5.63. The molecule has 0 radical (unpaired) electrons. The van der Waals surface area contributed by atoms with Crippen molar-refractivity contribution in [1.29, 1.82) is 0 Å². The van der Waals surface area contributed by atoms with Crippen molar-refractivity contribution in [3.8, 4) is 11.3 Å². The van der Waals surface area contributed by atoms with E-state index in [1.54, 1.807) is 12.1 Å². The second-order valence-corrected chi connectivity index (χ2v) is 4.47. The summed E-state index contributed by atoms with van der Waals surface area (Å²) in [4.78, 5) is 14.7. The molecule has 0 amide bonds. The smallest absolute Gasteiger partial charge is 0.258 e. The fraction of sp³-hybridized carbons (Fsp3) is 0.133. The Labute approximate surface area is 111 Å². The number of rotatable bonds is 3. The topological polar surface area (TPSA) is 56.0 Å². The van der Waals surface area contributed by atoms with Crippen molar-refractivity contribution >= 4 is 11.8 Å². The molecule has 0 N–H and O–H groups in total. The zero-order chi connectivity index (χ0) is 13.8. The summed E-state index contributed by atoms with van der Waals surface area (Å²) in [6.45, 7) is 4.03. The second-order valence-electron chi connectivity index (χ2n) is 4.47. The van der Waals surface area contributed by atoms with Crippen molar-refractivity contribution in [3.63, 3.8) is 0 Å². The lowest BCUT2D eigenvalue weighted by atomic mass is 10.1. The summed E-state index contributed by atoms with van der Waals surface area (Å²) in [5.74, 6) is 0. The van der Waals surface area contributed by atoms with Gasteiger partial charge in [-0.3, -0.25) is 10.1 Å². The summed E-state index contributed by atoms with van der Waals surface area (Å²) in [7, 11) is 0. The summed E-state index contributed by atoms with van der Waals surface area (Å²) >= 11 is 0. The van der Waals surface area contributed by atoms with Crippen LogP contribution in [0, 0.1) is 10.1 Å². The van der Waals surface area contributed by atoms with E-state index >= 15 is 0 Å². The summed E-state index contributed by atoms with van der Waals surface area (Å²) < 4.78 is 0. The highest BCUT2D eigenvalue weighted by atomic mass is 16.6. The highest BCUT2D eigenvalue weighted by Crippen LogP contribution is 2.21. The minimum Gasteiger partial charge on any atom is -0.258 e. The minimum absolute atomic E-state index is 0.0872. The standard InChI is InChI=1S/C15H14N2O2/c1-11(2)10-13-4-3-5-15(16-13)12-6-8-14(9-7-12)17(18)19/h3-10H,1-2H3. The Hall–Kier alpha value is -2.49. The van der Waals surface area contributed by atoms with E-state index in [9.17, 15) is 10.1 Å². The van der Waals surface area contributed by atoms with E-state index in [2.05, 4.69) is 4.98 Å². The zero-order valence-electron chi connectivity index (χ0n) is 10.8. The van der Waals surface area contributed by atoms with Gasteiger partial charge in [0.2, 0.25) is 0 Å². The van der Waals surface area contributed by atoms with Gasteiger partial charge in [0.1, 0.15) is 0 Å². The molecule has 0 bridgehead atoms. The monoisotopic (exact) mass is 254 g/mol. The van der Waals surface area contributed by atoms with Gasteiger partial charge in [-0.15, -0.1) is 0 Å². The van der Waals surface area contributed by atoms with Gasteiger partial charge >= 0.3 is 0 Å². The first-order valence-electron chi connectivity index (χ1n) is 5.93. The molecular weight excluding hydrogens is 240 g/mol. The molecule has 0 saturated carbocycles. The molecule has 19 heavy (non-hydrogen) atoms. The number of hydrogen-bond acceptors (Lipinski definition) is 3. The molecule has 0 aliphatic carbocycles. The molecule has 0 fully saturated rings. The molecule has 2 aromatic rings. The summed E-state index contributed by atoms with van der Waals surface area (Å²) in [6.07, 6.45) is 1.99. The Balaban J connectivity index is 2.36. The first-order chi connectivity index (χ1) is 9.06. The molecule has 2 rings (SSSR count). The van der Waals surface area contributed by atoms with E-state index in [1.165, 1.54) is 17.7 Å². The molecule has 4 heteroatoms. The van der Waals surface area contributed by atoms with Crippen molar-refractivity contribution in [2.24, 2.45) is 0 Å². The fourth-order valence-electron chi connectivity index (χ4n) is 1.74.